The number of rotatable bonds is 6. The van der Waals surface area contributed by atoms with Crippen molar-refractivity contribution in [3.63, 3.8) is 0 Å². The molecule has 9 nitrogen and oxygen atoms in total. The molecule has 0 fully saturated rings. The van der Waals surface area contributed by atoms with Crippen molar-refractivity contribution in [2.75, 3.05) is 12.0 Å². The van der Waals surface area contributed by atoms with Crippen LogP contribution in [0.5, 0.6) is 0 Å². The predicted molar refractivity (Wildman–Crippen MR) is 108 cm³/mol. The second kappa shape index (κ2) is 8.31. The summed E-state index contributed by atoms with van der Waals surface area (Å²) >= 11 is 2.82. The first kappa shape index (κ1) is 19.7. The van der Waals surface area contributed by atoms with E-state index in [-0.39, 0.29) is 16.9 Å². The quantitative estimate of drug-likeness (QED) is 0.445. The van der Waals surface area contributed by atoms with Crippen LogP contribution in [0.25, 0.3) is 10.2 Å². The first-order valence-corrected chi connectivity index (χ1v) is 10.2. The molecule has 0 N–H and O–H groups in total. The number of nitrogens with zero attached hydrogens (tertiary/aromatic N) is 4. The van der Waals surface area contributed by atoms with Crippen molar-refractivity contribution in [3.8, 4) is 0 Å². The van der Waals surface area contributed by atoms with Crippen LogP contribution in [-0.4, -0.2) is 32.3 Å². The largest absolute Gasteiger partial charge is 0.315 e. The van der Waals surface area contributed by atoms with Gasteiger partial charge in [0.15, 0.2) is 4.80 Å². The zero-order valence-corrected chi connectivity index (χ0v) is 16.2. The summed E-state index contributed by atoms with van der Waals surface area (Å²) in [6.07, 6.45) is 1.96. The summed E-state index contributed by atoms with van der Waals surface area (Å²) in [6, 6.07) is 9.75. The molecule has 0 radical (unpaired) electrons. The Hall–Kier alpha value is -3.05. The lowest BCUT2D eigenvalue weighted by Crippen LogP contribution is -2.18. The van der Waals surface area contributed by atoms with Crippen molar-refractivity contribution in [2.24, 2.45) is 4.99 Å². The molecule has 2 aromatic carbocycles. The van der Waals surface area contributed by atoms with Gasteiger partial charge in [-0.1, -0.05) is 11.3 Å². The minimum Gasteiger partial charge on any atom is -0.315 e. The van der Waals surface area contributed by atoms with Crippen molar-refractivity contribution < 1.29 is 14.6 Å². The fourth-order valence-corrected chi connectivity index (χ4v) is 3.99. The number of carbonyl (C=O) groups excluding carboxylic acids is 1. The smallest absolute Gasteiger partial charge is 0.279 e. The van der Waals surface area contributed by atoms with Crippen LogP contribution >= 0.6 is 23.1 Å². The van der Waals surface area contributed by atoms with Crippen LogP contribution in [0.4, 0.5) is 11.4 Å². The molecule has 0 atom stereocenters. The van der Waals surface area contributed by atoms with Crippen molar-refractivity contribution in [2.45, 2.75) is 6.54 Å². The molecule has 28 heavy (non-hydrogen) atoms. The lowest BCUT2D eigenvalue weighted by Gasteiger charge is -2.03. The number of hydrogen-bond donors (Lipinski definition) is 0. The molecule has 0 bridgehead atoms. The number of nitro benzene ring substituents is 2. The molecule has 0 aliphatic carbocycles. The van der Waals surface area contributed by atoms with Crippen molar-refractivity contribution in [1.82, 2.24) is 4.57 Å². The van der Waals surface area contributed by atoms with Gasteiger partial charge < -0.3 is 4.57 Å². The Balaban J connectivity index is 2.07. The van der Waals surface area contributed by atoms with E-state index in [1.165, 1.54) is 47.7 Å². The van der Waals surface area contributed by atoms with E-state index in [1.54, 1.807) is 17.8 Å². The Morgan fingerprint density at radius 1 is 1.11 bits per heavy atom. The van der Waals surface area contributed by atoms with Gasteiger partial charge >= 0.3 is 0 Å². The fraction of sp³-hybridized carbons (Fsp3) is 0.176. The Morgan fingerprint density at radius 2 is 1.75 bits per heavy atom. The maximum atomic E-state index is 12.5. The number of benzene rings is 2. The van der Waals surface area contributed by atoms with E-state index in [4.69, 9.17) is 0 Å². The van der Waals surface area contributed by atoms with Gasteiger partial charge in [0.1, 0.15) is 0 Å². The predicted octanol–water partition coefficient (Wildman–Crippen LogP) is 3.62. The van der Waals surface area contributed by atoms with Crippen LogP contribution in [0.2, 0.25) is 0 Å². The number of hydrogen-bond acceptors (Lipinski definition) is 7. The standard InChI is InChI=1S/C17H14N4O5S2/c1-27-9-8-19-14-7-6-13(21(25)26)10-15(14)28-17(19)18-16(22)11-2-4-12(5-3-11)20(23)24/h2-7,10H,8-9H2,1H3. The highest BCUT2D eigenvalue weighted by molar-refractivity contribution is 7.98. The van der Waals surface area contributed by atoms with Gasteiger partial charge in [0.2, 0.25) is 0 Å². The first-order chi connectivity index (χ1) is 13.4. The molecule has 1 aromatic heterocycles. The molecule has 0 saturated heterocycles. The lowest BCUT2D eigenvalue weighted by atomic mass is 10.2. The van der Waals surface area contributed by atoms with Gasteiger partial charge in [-0.25, -0.2) is 0 Å². The summed E-state index contributed by atoms with van der Waals surface area (Å²) in [4.78, 5) is 37.9. The first-order valence-electron chi connectivity index (χ1n) is 8.01. The highest BCUT2D eigenvalue weighted by atomic mass is 32.2. The molecule has 0 unspecified atom stereocenters. The third-order valence-corrected chi connectivity index (χ3v) is 5.55. The van der Waals surface area contributed by atoms with Crippen LogP contribution in [0.3, 0.4) is 0 Å². The average Bonchev–Trinajstić information content (AvgIpc) is 3.02. The minimum atomic E-state index is -0.541. The van der Waals surface area contributed by atoms with Crippen LogP contribution in [0.15, 0.2) is 47.5 Å². The second-order valence-electron chi connectivity index (χ2n) is 5.66. The molecular weight excluding hydrogens is 404 g/mol. The van der Waals surface area contributed by atoms with Crippen LogP contribution in [0.1, 0.15) is 10.4 Å². The molecular formula is C17H14N4O5S2. The van der Waals surface area contributed by atoms with Gasteiger partial charge in [-0.15, -0.1) is 0 Å². The Labute approximate surface area is 166 Å². The van der Waals surface area contributed by atoms with Crippen molar-refractivity contribution >= 4 is 50.6 Å². The molecule has 144 valence electrons. The third-order valence-electron chi connectivity index (χ3n) is 3.92. The highest BCUT2D eigenvalue weighted by Crippen LogP contribution is 2.23. The van der Waals surface area contributed by atoms with Gasteiger partial charge in [0.25, 0.3) is 17.3 Å². The van der Waals surface area contributed by atoms with Crippen LogP contribution in [0, 0.1) is 20.2 Å². The summed E-state index contributed by atoms with van der Waals surface area (Å²) in [6.45, 7) is 0.589. The molecule has 11 heteroatoms. The zero-order valence-electron chi connectivity index (χ0n) is 14.6. The van der Waals surface area contributed by atoms with Gasteiger partial charge in [0.05, 0.1) is 20.1 Å². The maximum Gasteiger partial charge on any atom is 0.279 e. The summed E-state index contributed by atoms with van der Waals surface area (Å²) in [7, 11) is 0. The van der Waals surface area contributed by atoms with E-state index >= 15 is 0 Å². The van der Waals surface area contributed by atoms with Crippen LogP contribution in [-0.2, 0) is 6.54 Å². The number of aryl methyl sites for hydroxylation is 1. The Kier molecular flexibility index (Phi) is 5.85. The van der Waals surface area contributed by atoms with E-state index in [0.717, 1.165) is 11.3 Å². The maximum absolute atomic E-state index is 12.5. The number of non-ortho nitro benzene ring substituents is 2. The zero-order chi connectivity index (χ0) is 20.3. The van der Waals surface area contributed by atoms with E-state index in [0.29, 0.717) is 16.0 Å². The summed E-state index contributed by atoms with van der Waals surface area (Å²) in [5.41, 5.74) is 0.852. The van der Waals surface area contributed by atoms with Gasteiger partial charge in [0, 0.05) is 42.1 Å². The number of amides is 1. The normalized spacial score (nSPS) is 11.7. The van der Waals surface area contributed by atoms with Crippen molar-refractivity contribution in [3.05, 3.63) is 73.1 Å². The monoisotopic (exact) mass is 418 g/mol. The van der Waals surface area contributed by atoms with Crippen molar-refractivity contribution in [1.29, 1.82) is 0 Å². The van der Waals surface area contributed by atoms with E-state index in [9.17, 15) is 25.0 Å². The molecule has 0 spiro atoms. The SMILES string of the molecule is CSCCn1c(=NC(=O)c2ccc([N+](=O)[O-])cc2)sc2cc([N+](=O)[O-])ccc21. The molecule has 0 saturated carbocycles. The second-order valence-corrected chi connectivity index (χ2v) is 7.65. The third kappa shape index (κ3) is 4.10. The number of nitro groups is 2. The molecule has 3 rings (SSSR count). The van der Waals surface area contributed by atoms with Crippen LogP contribution < -0.4 is 4.80 Å². The number of thiazole rings is 1. The van der Waals surface area contributed by atoms with Gasteiger partial charge in [-0.3, -0.25) is 25.0 Å². The number of fused-ring (bicyclic) bond motifs is 1. The number of carbonyl (C=O) groups is 1. The minimum absolute atomic E-state index is 0.0287. The summed E-state index contributed by atoms with van der Waals surface area (Å²) < 4.78 is 2.51. The molecule has 0 aliphatic rings. The number of aromatic nitrogens is 1. The number of thioether (sulfide) groups is 1. The lowest BCUT2D eigenvalue weighted by molar-refractivity contribution is -0.385. The van der Waals surface area contributed by atoms with E-state index < -0.39 is 15.8 Å². The van der Waals surface area contributed by atoms with E-state index in [2.05, 4.69) is 4.99 Å². The Bertz CT molecular complexity index is 1130. The fourth-order valence-electron chi connectivity index (χ4n) is 2.54. The van der Waals surface area contributed by atoms with Gasteiger partial charge in [-0.05, 0) is 24.5 Å². The summed E-state index contributed by atoms with van der Waals surface area (Å²) in [5, 5.41) is 21.8. The molecule has 3 aromatic rings. The molecule has 1 amide bonds. The van der Waals surface area contributed by atoms with E-state index in [1.807, 2.05) is 10.8 Å². The summed E-state index contributed by atoms with van der Waals surface area (Å²) in [5.74, 6) is 0.246. The molecule has 1 heterocycles. The topological polar surface area (TPSA) is 121 Å². The average molecular weight is 418 g/mol. The molecule has 0 aliphatic heterocycles. The van der Waals surface area contributed by atoms with Gasteiger partial charge in [-0.2, -0.15) is 16.8 Å². The Morgan fingerprint density at radius 3 is 2.36 bits per heavy atom. The highest BCUT2D eigenvalue weighted by Gasteiger charge is 2.14.